The molecular weight excluding hydrogens is 342 g/mol. The van der Waals surface area contributed by atoms with Crippen LogP contribution in [0.3, 0.4) is 0 Å². The molecule has 1 atom stereocenters. The van der Waals surface area contributed by atoms with E-state index >= 15 is 0 Å². The molecule has 0 aromatic carbocycles. The topological polar surface area (TPSA) is 71.5 Å². The number of nitrogens with zero attached hydrogens (tertiary/aromatic N) is 5. The second-order valence-electron chi connectivity index (χ2n) is 7.50. The summed E-state index contributed by atoms with van der Waals surface area (Å²) in [6.45, 7) is 3.10. The molecule has 4 rings (SSSR count). The Morgan fingerprint density at radius 2 is 1.89 bits per heavy atom. The first-order valence-corrected chi connectivity index (χ1v) is 9.44. The number of anilines is 1. The maximum absolute atomic E-state index is 12.7. The fraction of sp³-hybridized carbons (Fsp3) is 0.500. The molecule has 7 heteroatoms. The normalized spacial score (nSPS) is 21.6. The lowest BCUT2D eigenvalue weighted by Crippen LogP contribution is -2.44. The van der Waals surface area contributed by atoms with E-state index in [1.165, 1.54) is 0 Å². The second-order valence-corrected chi connectivity index (χ2v) is 7.50. The number of amides is 1. The van der Waals surface area contributed by atoms with Crippen LogP contribution in [0.2, 0.25) is 0 Å². The first-order chi connectivity index (χ1) is 13.2. The minimum atomic E-state index is 0.0279. The molecule has 0 saturated carbocycles. The highest BCUT2D eigenvalue weighted by atomic mass is 16.5. The van der Waals surface area contributed by atoms with Crippen LogP contribution < -0.4 is 4.90 Å². The number of hydrogen-bond donors (Lipinski definition) is 0. The van der Waals surface area contributed by atoms with Crippen molar-refractivity contribution < 1.29 is 9.53 Å². The van der Waals surface area contributed by atoms with Gasteiger partial charge in [-0.25, -0.2) is 9.97 Å². The van der Waals surface area contributed by atoms with Crippen molar-refractivity contribution in [1.29, 1.82) is 0 Å². The van der Waals surface area contributed by atoms with Crippen LogP contribution in [0.4, 0.5) is 5.95 Å². The zero-order valence-corrected chi connectivity index (χ0v) is 15.6. The smallest absolute Gasteiger partial charge is 0.272 e. The summed E-state index contributed by atoms with van der Waals surface area (Å²) in [5.74, 6) is 0.795. The average molecular weight is 367 g/mol. The number of aromatic nitrogens is 3. The van der Waals surface area contributed by atoms with Crippen molar-refractivity contribution in [2.24, 2.45) is 5.41 Å². The van der Waals surface area contributed by atoms with Crippen molar-refractivity contribution in [3.05, 3.63) is 48.5 Å². The number of likely N-dealkylation sites (tertiary alicyclic amines) is 1. The predicted octanol–water partition coefficient (Wildman–Crippen LogP) is 2.02. The molecular formula is C20H25N5O2. The van der Waals surface area contributed by atoms with Gasteiger partial charge in [0.2, 0.25) is 5.95 Å². The van der Waals surface area contributed by atoms with E-state index in [1.807, 2.05) is 23.1 Å². The molecule has 142 valence electrons. The van der Waals surface area contributed by atoms with Crippen LogP contribution >= 0.6 is 0 Å². The highest BCUT2D eigenvalue weighted by Gasteiger charge is 2.46. The number of pyridine rings is 1. The minimum Gasteiger partial charge on any atom is -0.383 e. The lowest BCUT2D eigenvalue weighted by Gasteiger charge is -2.39. The van der Waals surface area contributed by atoms with E-state index in [0.29, 0.717) is 12.3 Å². The zero-order chi connectivity index (χ0) is 18.7. The van der Waals surface area contributed by atoms with Crippen molar-refractivity contribution in [1.82, 2.24) is 19.9 Å². The van der Waals surface area contributed by atoms with Crippen LogP contribution in [-0.4, -0.2) is 65.2 Å². The highest BCUT2D eigenvalue weighted by molar-refractivity contribution is 5.92. The van der Waals surface area contributed by atoms with Gasteiger partial charge in [-0.3, -0.25) is 9.78 Å². The van der Waals surface area contributed by atoms with Crippen LogP contribution in [0.25, 0.3) is 0 Å². The second kappa shape index (κ2) is 7.60. The lowest BCUT2D eigenvalue weighted by atomic mass is 9.76. The van der Waals surface area contributed by atoms with Crippen molar-refractivity contribution in [3.8, 4) is 0 Å². The third kappa shape index (κ3) is 3.64. The number of carbonyl (C=O) groups excluding carboxylic acids is 1. The van der Waals surface area contributed by atoms with Gasteiger partial charge in [-0.2, -0.15) is 0 Å². The zero-order valence-electron chi connectivity index (χ0n) is 15.6. The Labute approximate surface area is 159 Å². The van der Waals surface area contributed by atoms with Crippen LogP contribution in [0.1, 0.15) is 29.8 Å². The molecule has 0 N–H and O–H groups in total. The Hall–Kier alpha value is -2.54. The standard InChI is InChI=1S/C20H25N5O2/c1-27-14-16-13-20(15-25(16)19-22-9-4-10-23-19)6-11-24(12-7-20)18(26)17-5-2-3-8-21-17/h2-5,8-10,16H,6-7,11-15H2,1H3/t16-/m1/s1. The number of ether oxygens (including phenoxy) is 1. The quantitative estimate of drug-likeness (QED) is 0.823. The first-order valence-electron chi connectivity index (χ1n) is 9.44. The summed E-state index contributed by atoms with van der Waals surface area (Å²) in [7, 11) is 1.74. The molecule has 0 bridgehead atoms. The van der Waals surface area contributed by atoms with Crippen molar-refractivity contribution in [3.63, 3.8) is 0 Å². The number of carbonyl (C=O) groups is 1. The monoisotopic (exact) mass is 367 g/mol. The summed E-state index contributed by atoms with van der Waals surface area (Å²) in [6.07, 6.45) is 8.24. The summed E-state index contributed by atoms with van der Waals surface area (Å²) < 4.78 is 5.46. The number of rotatable bonds is 4. The Morgan fingerprint density at radius 3 is 2.56 bits per heavy atom. The van der Waals surface area contributed by atoms with E-state index in [4.69, 9.17) is 4.74 Å². The molecule has 0 unspecified atom stereocenters. The molecule has 0 aliphatic carbocycles. The Bertz CT molecular complexity index is 762. The fourth-order valence-electron chi connectivity index (χ4n) is 4.38. The van der Waals surface area contributed by atoms with E-state index in [-0.39, 0.29) is 17.4 Å². The number of piperidine rings is 1. The summed E-state index contributed by atoms with van der Waals surface area (Å²) in [5.41, 5.74) is 0.708. The van der Waals surface area contributed by atoms with Gasteiger partial charge in [0.15, 0.2) is 0 Å². The Morgan fingerprint density at radius 1 is 1.15 bits per heavy atom. The van der Waals surface area contributed by atoms with Crippen LogP contribution in [0, 0.1) is 5.41 Å². The molecule has 7 nitrogen and oxygen atoms in total. The Kier molecular flexibility index (Phi) is 5.03. The molecule has 27 heavy (non-hydrogen) atoms. The Balaban J connectivity index is 1.45. The van der Waals surface area contributed by atoms with Gasteiger partial charge in [0.05, 0.1) is 12.6 Å². The fourth-order valence-corrected chi connectivity index (χ4v) is 4.38. The molecule has 2 aliphatic heterocycles. The summed E-state index contributed by atoms with van der Waals surface area (Å²) in [4.78, 5) is 30.0. The number of methoxy groups -OCH3 is 1. The average Bonchev–Trinajstić information content (AvgIpc) is 3.07. The van der Waals surface area contributed by atoms with Crippen LogP contribution in [0.5, 0.6) is 0 Å². The summed E-state index contributed by atoms with van der Waals surface area (Å²) in [5, 5.41) is 0. The molecule has 1 amide bonds. The van der Waals surface area contributed by atoms with E-state index in [1.54, 1.807) is 31.8 Å². The van der Waals surface area contributed by atoms with Gasteiger partial charge in [0.1, 0.15) is 5.69 Å². The minimum absolute atomic E-state index is 0.0279. The first kappa shape index (κ1) is 17.9. The summed E-state index contributed by atoms with van der Waals surface area (Å²) in [6, 6.07) is 7.58. The van der Waals surface area contributed by atoms with E-state index < -0.39 is 0 Å². The van der Waals surface area contributed by atoms with Crippen molar-refractivity contribution >= 4 is 11.9 Å². The predicted molar refractivity (Wildman–Crippen MR) is 101 cm³/mol. The maximum Gasteiger partial charge on any atom is 0.272 e. The van der Waals surface area contributed by atoms with E-state index in [2.05, 4.69) is 19.9 Å². The molecule has 2 fully saturated rings. The van der Waals surface area contributed by atoms with Gasteiger partial charge in [-0.15, -0.1) is 0 Å². The molecule has 4 heterocycles. The SMILES string of the molecule is COC[C@H]1CC2(CCN(C(=O)c3ccccn3)CC2)CN1c1ncccn1. The number of hydrogen-bond acceptors (Lipinski definition) is 6. The lowest BCUT2D eigenvalue weighted by molar-refractivity contribution is 0.0593. The molecule has 1 spiro atoms. The van der Waals surface area contributed by atoms with Crippen molar-refractivity contribution in [2.45, 2.75) is 25.3 Å². The van der Waals surface area contributed by atoms with Gasteiger partial charge < -0.3 is 14.5 Å². The van der Waals surface area contributed by atoms with Gasteiger partial charge in [-0.1, -0.05) is 6.07 Å². The van der Waals surface area contributed by atoms with E-state index in [0.717, 1.165) is 44.8 Å². The van der Waals surface area contributed by atoms with Gasteiger partial charge >= 0.3 is 0 Å². The third-order valence-electron chi connectivity index (χ3n) is 5.78. The van der Waals surface area contributed by atoms with Crippen LogP contribution in [-0.2, 0) is 4.74 Å². The highest BCUT2D eigenvalue weighted by Crippen LogP contribution is 2.44. The molecule has 2 saturated heterocycles. The largest absolute Gasteiger partial charge is 0.383 e. The molecule has 2 aromatic heterocycles. The van der Waals surface area contributed by atoms with Gasteiger partial charge in [0, 0.05) is 45.3 Å². The molecule has 2 aromatic rings. The molecule has 0 radical (unpaired) electrons. The third-order valence-corrected chi connectivity index (χ3v) is 5.78. The van der Waals surface area contributed by atoms with Crippen molar-refractivity contribution in [2.75, 3.05) is 38.3 Å². The summed E-state index contributed by atoms with van der Waals surface area (Å²) >= 11 is 0. The van der Waals surface area contributed by atoms with E-state index in [9.17, 15) is 4.79 Å². The van der Waals surface area contributed by atoms with Crippen LogP contribution in [0.15, 0.2) is 42.9 Å². The molecule has 2 aliphatic rings. The van der Waals surface area contributed by atoms with Gasteiger partial charge in [-0.05, 0) is 42.9 Å². The maximum atomic E-state index is 12.7. The van der Waals surface area contributed by atoms with Gasteiger partial charge in [0.25, 0.3) is 5.91 Å².